The van der Waals surface area contributed by atoms with Crippen LogP contribution >= 0.6 is 12.4 Å². The summed E-state index contributed by atoms with van der Waals surface area (Å²) in [7, 11) is 0. The average molecular weight is 405 g/mol. The Morgan fingerprint density at radius 1 is 0.897 bits per heavy atom. The van der Waals surface area contributed by atoms with Gasteiger partial charge in [0.25, 0.3) is 0 Å². The van der Waals surface area contributed by atoms with Gasteiger partial charge in [-0.2, -0.15) is 0 Å². The minimum Gasteiger partial charge on any atom is -0.437 e. The minimum atomic E-state index is -0.223. The van der Waals surface area contributed by atoms with Crippen LogP contribution in [0.1, 0.15) is 24.8 Å². The first-order chi connectivity index (χ1) is 13.7. The van der Waals surface area contributed by atoms with Crippen molar-refractivity contribution in [2.24, 2.45) is 5.73 Å². The highest BCUT2D eigenvalue weighted by molar-refractivity contribution is 5.87. The molecule has 0 atom stereocenters. The fraction of sp³-hybridized carbons (Fsp3) is 0.167. The van der Waals surface area contributed by atoms with Crippen LogP contribution in [0.3, 0.4) is 0 Å². The number of nitrogens with zero attached hydrogens (tertiary/aromatic N) is 1. The van der Waals surface area contributed by atoms with E-state index in [1.165, 1.54) is 0 Å². The summed E-state index contributed by atoms with van der Waals surface area (Å²) in [4.78, 5) is 17.6. The van der Waals surface area contributed by atoms with Crippen molar-refractivity contribution < 1.29 is 4.42 Å². The van der Waals surface area contributed by atoms with Crippen LogP contribution in [0.25, 0.3) is 33.6 Å². The summed E-state index contributed by atoms with van der Waals surface area (Å²) >= 11 is 0. The van der Waals surface area contributed by atoms with Gasteiger partial charge in [-0.25, -0.2) is 4.98 Å². The van der Waals surface area contributed by atoms with Crippen LogP contribution in [0, 0.1) is 0 Å². The normalized spacial score (nSPS) is 14.8. The largest absolute Gasteiger partial charge is 0.437 e. The Balaban J connectivity index is 0.00000205. The lowest BCUT2D eigenvalue weighted by Gasteiger charge is -2.38. The summed E-state index contributed by atoms with van der Waals surface area (Å²) in [5.74, 6) is 0.538. The number of benzene rings is 2. The van der Waals surface area contributed by atoms with E-state index >= 15 is 0 Å². The molecular formula is C24H21ClN2O2. The predicted molar refractivity (Wildman–Crippen MR) is 118 cm³/mol. The Kier molecular flexibility index (Phi) is 4.99. The molecule has 0 amide bonds. The molecule has 5 rings (SSSR count). The maximum atomic E-state index is 13.3. The molecular weight excluding hydrogens is 384 g/mol. The van der Waals surface area contributed by atoms with Gasteiger partial charge in [0.05, 0.1) is 10.9 Å². The molecule has 2 heterocycles. The number of pyridine rings is 1. The maximum absolute atomic E-state index is 13.3. The van der Waals surface area contributed by atoms with Gasteiger partial charge in [0.15, 0.2) is 0 Å². The quantitative estimate of drug-likeness (QED) is 0.504. The van der Waals surface area contributed by atoms with Gasteiger partial charge in [-0.15, -0.1) is 12.4 Å². The van der Waals surface area contributed by atoms with E-state index in [2.05, 4.69) is 4.98 Å². The second-order valence-electron chi connectivity index (χ2n) is 7.44. The van der Waals surface area contributed by atoms with Gasteiger partial charge in [0.1, 0.15) is 5.76 Å². The van der Waals surface area contributed by atoms with E-state index in [9.17, 15) is 4.79 Å². The van der Waals surface area contributed by atoms with Crippen molar-refractivity contribution in [1.82, 2.24) is 4.98 Å². The summed E-state index contributed by atoms with van der Waals surface area (Å²) in [5.41, 5.74) is 9.84. The van der Waals surface area contributed by atoms with Gasteiger partial charge in [0, 0.05) is 17.3 Å². The van der Waals surface area contributed by atoms with E-state index < -0.39 is 0 Å². The molecule has 1 saturated carbocycles. The molecule has 2 aromatic heterocycles. The zero-order valence-corrected chi connectivity index (χ0v) is 16.6. The standard InChI is InChI=1S/C24H20N2O2.ClH/c25-24(13-5-14-24)18-11-9-16(10-12-18)20-21(27)19-8-4-15-26-23(19)28-22(20)17-6-2-1-3-7-17;/h1-4,6-12,15H,5,13-14,25H2;1H. The Morgan fingerprint density at radius 3 is 2.28 bits per heavy atom. The number of hydrogen-bond acceptors (Lipinski definition) is 4. The molecule has 0 aliphatic heterocycles. The highest BCUT2D eigenvalue weighted by Crippen LogP contribution is 2.39. The number of hydrogen-bond donors (Lipinski definition) is 1. The molecule has 5 heteroatoms. The SMILES string of the molecule is Cl.NC1(c2ccc(-c3c(-c4ccccc4)oc4ncccc4c3=O)cc2)CCC1. The highest BCUT2D eigenvalue weighted by atomic mass is 35.5. The van der Waals surface area contributed by atoms with Crippen LogP contribution in [0.4, 0.5) is 0 Å². The first-order valence-electron chi connectivity index (χ1n) is 9.53. The molecule has 0 radical (unpaired) electrons. The van der Waals surface area contributed by atoms with Crippen LogP contribution in [0.2, 0.25) is 0 Å². The fourth-order valence-corrected chi connectivity index (χ4v) is 3.90. The van der Waals surface area contributed by atoms with Crippen molar-refractivity contribution in [1.29, 1.82) is 0 Å². The first-order valence-corrected chi connectivity index (χ1v) is 9.53. The molecule has 4 aromatic rings. The van der Waals surface area contributed by atoms with Gasteiger partial charge in [-0.05, 0) is 42.5 Å². The monoisotopic (exact) mass is 404 g/mol. The fourth-order valence-electron chi connectivity index (χ4n) is 3.90. The van der Waals surface area contributed by atoms with E-state index in [1.54, 1.807) is 18.3 Å². The second-order valence-corrected chi connectivity index (χ2v) is 7.44. The second kappa shape index (κ2) is 7.47. The topological polar surface area (TPSA) is 69.1 Å². The summed E-state index contributed by atoms with van der Waals surface area (Å²) < 4.78 is 6.11. The molecule has 146 valence electrons. The third-order valence-corrected chi connectivity index (χ3v) is 5.70. The molecule has 4 nitrogen and oxygen atoms in total. The van der Waals surface area contributed by atoms with Gasteiger partial charge >= 0.3 is 0 Å². The molecule has 1 aliphatic carbocycles. The van der Waals surface area contributed by atoms with Crippen LogP contribution < -0.4 is 11.2 Å². The zero-order chi connectivity index (χ0) is 19.1. The molecule has 2 aromatic carbocycles. The molecule has 0 bridgehead atoms. The van der Waals surface area contributed by atoms with Crippen LogP contribution in [0.5, 0.6) is 0 Å². The minimum absolute atomic E-state index is 0. The predicted octanol–water partition coefficient (Wildman–Crippen LogP) is 5.28. The van der Waals surface area contributed by atoms with Gasteiger partial charge in [-0.1, -0.05) is 54.6 Å². The highest BCUT2D eigenvalue weighted by Gasteiger charge is 2.34. The van der Waals surface area contributed by atoms with Crippen molar-refractivity contribution >= 4 is 23.5 Å². The van der Waals surface area contributed by atoms with Crippen molar-refractivity contribution in [2.75, 3.05) is 0 Å². The molecule has 2 N–H and O–H groups in total. The Hall–Kier alpha value is -2.95. The maximum Gasteiger partial charge on any atom is 0.230 e. The lowest BCUT2D eigenvalue weighted by molar-refractivity contribution is 0.253. The third-order valence-electron chi connectivity index (χ3n) is 5.70. The summed E-state index contributed by atoms with van der Waals surface area (Å²) in [6.45, 7) is 0. The number of fused-ring (bicyclic) bond motifs is 1. The Morgan fingerprint density at radius 2 is 1.62 bits per heavy atom. The van der Waals surface area contributed by atoms with E-state index in [4.69, 9.17) is 10.2 Å². The van der Waals surface area contributed by atoms with E-state index in [-0.39, 0.29) is 23.4 Å². The Labute approximate surface area is 174 Å². The van der Waals surface area contributed by atoms with Crippen molar-refractivity contribution in [2.45, 2.75) is 24.8 Å². The average Bonchev–Trinajstić information content (AvgIpc) is 2.73. The van der Waals surface area contributed by atoms with Crippen molar-refractivity contribution in [3.63, 3.8) is 0 Å². The number of rotatable bonds is 3. The number of aromatic nitrogens is 1. The van der Waals surface area contributed by atoms with E-state index in [1.807, 2.05) is 54.6 Å². The zero-order valence-electron chi connectivity index (χ0n) is 15.8. The number of halogens is 1. The van der Waals surface area contributed by atoms with Gasteiger partial charge < -0.3 is 10.2 Å². The summed E-state index contributed by atoms with van der Waals surface area (Å²) in [5, 5.41) is 0.482. The van der Waals surface area contributed by atoms with E-state index in [0.29, 0.717) is 22.4 Å². The lowest BCUT2D eigenvalue weighted by atomic mass is 9.72. The van der Waals surface area contributed by atoms with Crippen LogP contribution in [-0.2, 0) is 5.54 Å². The molecule has 29 heavy (non-hydrogen) atoms. The van der Waals surface area contributed by atoms with Gasteiger partial charge in [-0.3, -0.25) is 4.79 Å². The summed E-state index contributed by atoms with van der Waals surface area (Å²) in [6.07, 6.45) is 4.81. The van der Waals surface area contributed by atoms with Crippen molar-refractivity contribution in [3.05, 3.63) is 88.7 Å². The van der Waals surface area contributed by atoms with Crippen LogP contribution in [-0.4, -0.2) is 4.98 Å². The lowest BCUT2D eigenvalue weighted by Crippen LogP contribution is -2.43. The molecule has 0 saturated heterocycles. The first kappa shape index (κ1) is 19.4. The third kappa shape index (κ3) is 3.24. The molecule has 0 unspecified atom stereocenters. The molecule has 1 fully saturated rings. The number of nitrogens with two attached hydrogens (primary N) is 1. The molecule has 1 aliphatic rings. The van der Waals surface area contributed by atoms with Crippen LogP contribution in [0.15, 0.2) is 82.1 Å². The molecule has 0 spiro atoms. The van der Waals surface area contributed by atoms with E-state index in [0.717, 1.165) is 36.0 Å². The smallest absolute Gasteiger partial charge is 0.230 e. The Bertz CT molecular complexity index is 1210. The summed E-state index contributed by atoms with van der Waals surface area (Å²) in [6, 6.07) is 21.2. The van der Waals surface area contributed by atoms with Gasteiger partial charge in [0.2, 0.25) is 11.1 Å². The van der Waals surface area contributed by atoms with Crippen molar-refractivity contribution in [3.8, 4) is 22.5 Å².